The van der Waals surface area contributed by atoms with Gasteiger partial charge < -0.3 is 9.47 Å². The van der Waals surface area contributed by atoms with Crippen molar-refractivity contribution in [3.63, 3.8) is 0 Å². The fourth-order valence-electron chi connectivity index (χ4n) is 1.56. The second-order valence-corrected chi connectivity index (χ2v) is 5.07. The van der Waals surface area contributed by atoms with Crippen LogP contribution in [-0.2, 0) is 4.74 Å². The van der Waals surface area contributed by atoms with Crippen LogP contribution in [0, 0.1) is 0 Å². The molecule has 0 aliphatic carbocycles. The van der Waals surface area contributed by atoms with Crippen molar-refractivity contribution in [2.45, 2.75) is 19.8 Å². The normalized spacial score (nSPS) is 11.4. The molecule has 2 heterocycles. The summed E-state index contributed by atoms with van der Waals surface area (Å²) in [6.07, 6.45) is 3.87. The fourth-order valence-corrected chi connectivity index (χ4v) is 1.94. The van der Waals surface area contributed by atoms with Gasteiger partial charge in [0, 0.05) is 19.5 Å². The van der Waals surface area contributed by atoms with Crippen LogP contribution in [0.15, 0.2) is 17.0 Å². The first kappa shape index (κ1) is 13.3. The van der Waals surface area contributed by atoms with Crippen LogP contribution in [0.2, 0.25) is 0 Å². The molecule has 2 aromatic rings. The third-order valence-electron chi connectivity index (χ3n) is 2.51. The maximum Gasteiger partial charge on any atom is 0.259 e. The van der Waals surface area contributed by atoms with Crippen molar-refractivity contribution in [1.82, 2.24) is 14.4 Å². The van der Waals surface area contributed by atoms with Gasteiger partial charge in [0.2, 0.25) is 5.65 Å². The van der Waals surface area contributed by atoms with E-state index in [4.69, 9.17) is 9.47 Å². The zero-order valence-corrected chi connectivity index (χ0v) is 12.3. The molecule has 0 saturated heterocycles. The number of rotatable bonds is 5. The monoisotopic (exact) mass is 313 g/mol. The molecule has 0 bridgehead atoms. The number of hydrogen-bond donors (Lipinski definition) is 0. The van der Waals surface area contributed by atoms with Crippen LogP contribution in [0.3, 0.4) is 0 Å². The lowest BCUT2D eigenvalue weighted by atomic mass is 10.2. The Morgan fingerprint density at radius 3 is 2.72 bits per heavy atom. The van der Waals surface area contributed by atoms with Gasteiger partial charge in [-0.3, -0.25) is 4.40 Å². The molecule has 98 valence electrons. The van der Waals surface area contributed by atoms with Crippen molar-refractivity contribution < 1.29 is 9.47 Å². The van der Waals surface area contributed by atoms with Crippen molar-refractivity contribution in [1.29, 1.82) is 0 Å². The lowest BCUT2D eigenvalue weighted by Crippen LogP contribution is -2.07. The van der Waals surface area contributed by atoms with E-state index in [-0.39, 0.29) is 0 Å². The van der Waals surface area contributed by atoms with Gasteiger partial charge in [-0.05, 0) is 21.8 Å². The van der Waals surface area contributed by atoms with E-state index in [1.165, 1.54) is 0 Å². The topological polar surface area (TPSA) is 48.7 Å². The Labute approximate surface area is 114 Å². The zero-order chi connectivity index (χ0) is 13.1. The Kier molecular flexibility index (Phi) is 4.19. The summed E-state index contributed by atoms with van der Waals surface area (Å²) in [5.74, 6) is 0.892. The Bertz CT molecular complexity index is 539. The minimum atomic E-state index is 0.371. The van der Waals surface area contributed by atoms with E-state index in [0.29, 0.717) is 25.0 Å². The molecule has 18 heavy (non-hydrogen) atoms. The van der Waals surface area contributed by atoms with E-state index in [9.17, 15) is 0 Å². The predicted molar refractivity (Wildman–Crippen MR) is 72.1 cm³/mol. The van der Waals surface area contributed by atoms with Gasteiger partial charge in [0.25, 0.3) is 5.88 Å². The van der Waals surface area contributed by atoms with E-state index in [1.807, 2.05) is 16.8 Å². The number of halogens is 1. The van der Waals surface area contributed by atoms with E-state index >= 15 is 0 Å². The molecule has 6 heteroatoms. The van der Waals surface area contributed by atoms with Crippen molar-refractivity contribution in [3.8, 4) is 5.88 Å². The predicted octanol–water partition coefficient (Wildman–Crippen LogP) is 2.64. The maximum atomic E-state index is 5.58. The smallest absolute Gasteiger partial charge is 0.259 e. The molecule has 0 spiro atoms. The standard InChI is InChI=1S/C12H16BrN3O2/c1-8(2)9-6-16-7-10(13)15-12(11(16)14-9)18-5-4-17-3/h6-8H,4-5H2,1-3H3. The molecule has 0 fully saturated rings. The second-order valence-electron chi connectivity index (χ2n) is 4.26. The Balaban J connectivity index is 2.37. The van der Waals surface area contributed by atoms with Gasteiger partial charge in [-0.25, -0.2) is 9.97 Å². The Morgan fingerprint density at radius 2 is 2.06 bits per heavy atom. The largest absolute Gasteiger partial charge is 0.473 e. The van der Waals surface area contributed by atoms with Crippen LogP contribution in [-0.4, -0.2) is 34.7 Å². The Morgan fingerprint density at radius 1 is 1.28 bits per heavy atom. The number of methoxy groups -OCH3 is 1. The highest BCUT2D eigenvalue weighted by Crippen LogP contribution is 2.23. The first-order valence-corrected chi connectivity index (χ1v) is 6.58. The van der Waals surface area contributed by atoms with Gasteiger partial charge >= 0.3 is 0 Å². The van der Waals surface area contributed by atoms with Crippen molar-refractivity contribution in [2.24, 2.45) is 0 Å². The molecular weight excluding hydrogens is 298 g/mol. The van der Waals surface area contributed by atoms with Crippen LogP contribution in [0.4, 0.5) is 0 Å². The summed E-state index contributed by atoms with van der Waals surface area (Å²) in [5, 5.41) is 0. The summed E-state index contributed by atoms with van der Waals surface area (Å²) < 4.78 is 13.2. The molecule has 0 saturated carbocycles. The molecule has 0 aliphatic rings. The van der Waals surface area contributed by atoms with Crippen molar-refractivity contribution in [2.75, 3.05) is 20.3 Å². The van der Waals surface area contributed by atoms with Crippen molar-refractivity contribution in [3.05, 3.63) is 22.7 Å². The summed E-state index contributed by atoms with van der Waals surface area (Å²) in [5.41, 5.74) is 1.75. The first-order chi connectivity index (χ1) is 8.61. The highest BCUT2D eigenvalue weighted by atomic mass is 79.9. The molecule has 5 nitrogen and oxygen atoms in total. The zero-order valence-electron chi connectivity index (χ0n) is 10.7. The second kappa shape index (κ2) is 5.67. The lowest BCUT2D eigenvalue weighted by Gasteiger charge is -2.06. The number of hydrogen-bond acceptors (Lipinski definition) is 4. The van der Waals surface area contributed by atoms with Crippen LogP contribution in [0.1, 0.15) is 25.5 Å². The quantitative estimate of drug-likeness (QED) is 0.796. The minimum Gasteiger partial charge on any atom is -0.473 e. The number of imidazole rings is 1. The molecule has 0 atom stereocenters. The number of ether oxygens (including phenoxy) is 2. The molecule has 2 aromatic heterocycles. The highest BCUT2D eigenvalue weighted by molar-refractivity contribution is 9.10. The third kappa shape index (κ3) is 2.81. The van der Waals surface area contributed by atoms with Gasteiger partial charge in [-0.15, -0.1) is 0 Å². The van der Waals surface area contributed by atoms with Crippen LogP contribution >= 0.6 is 15.9 Å². The molecule has 0 aliphatic heterocycles. The molecule has 0 amide bonds. The number of fused-ring (bicyclic) bond motifs is 1. The molecule has 0 unspecified atom stereocenters. The van der Waals surface area contributed by atoms with E-state index in [1.54, 1.807) is 7.11 Å². The fraction of sp³-hybridized carbons (Fsp3) is 0.500. The van der Waals surface area contributed by atoms with Gasteiger partial charge in [0.05, 0.1) is 12.3 Å². The van der Waals surface area contributed by atoms with E-state index in [0.717, 1.165) is 15.9 Å². The van der Waals surface area contributed by atoms with E-state index < -0.39 is 0 Å². The minimum absolute atomic E-state index is 0.371. The lowest BCUT2D eigenvalue weighted by molar-refractivity contribution is 0.144. The van der Waals surface area contributed by atoms with Crippen molar-refractivity contribution >= 4 is 21.6 Å². The Hall–Kier alpha value is -1.14. The SMILES string of the molecule is COCCOc1nc(Br)cn2cc(C(C)C)nc12. The number of aromatic nitrogens is 3. The molecule has 0 radical (unpaired) electrons. The molecular formula is C12H16BrN3O2. The van der Waals surface area contributed by atoms with Crippen LogP contribution < -0.4 is 4.74 Å². The third-order valence-corrected chi connectivity index (χ3v) is 2.90. The molecule has 2 rings (SSSR count). The maximum absolute atomic E-state index is 5.58. The van der Waals surface area contributed by atoms with Gasteiger partial charge in [0.1, 0.15) is 11.2 Å². The van der Waals surface area contributed by atoms with Gasteiger partial charge in [-0.2, -0.15) is 0 Å². The summed E-state index contributed by atoms with van der Waals surface area (Å²) in [6, 6.07) is 0. The highest BCUT2D eigenvalue weighted by Gasteiger charge is 2.12. The van der Waals surface area contributed by atoms with Crippen LogP contribution in [0.5, 0.6) is 5.88 Å². The average Bonchev–Trinajstić information content (AvgIpc) is 2.73. The summed E-state index contributed by atoms with van der Waals surface area (Å²) in [7, 11) is 1.64. The average molecular weight is 314 g/mol. The van der Waals surface area contributed by atoms with E-state index in [2.05, 4.69) is 39.7 Å². The summed E-state index contributed by atoms with van der Waals surface area (Å²) in [4.78, 5) is 8.85. The van der Waals surface area contributed by atoms with Crippen LogP contribution in [0.25, 0.3) is 5.65 Å². The summed E-state index contributed by atoms with van der Waals surface area (Å²) >= 11 is 3.37. The first-order valence-electron chi connectivity index (χ1n) is 5.78. The molecule has 0 aromatic carbocycles. The number of nitrogens with zero attached hydrogens (tertiary/aromatic N) is 3. The van der Waals surface area contributed by atoms with Gasteiger partial charge in [0.15, 0.2) is 0 Å². The molecule has 0 N–H and O–H groups in total. The van der Waals surface area contributed by atoms with Gasteiger partial charge in [-0.1, -0.05) is 13.8 Å². The summed E-state index contributed by atoms with van der Waals surface area (Å²) in [6.45, 7) is 5.20.